The first-order valence-electron chi connectivity index (χ1n) is 6.69. The molecule has 0 aliphatic heterocycles. The molecule has 2 aromatic rings. The lowest BCUT2D eigenvalue weighted by Gasteiger charge is -2.22. The van der Waals surface area contributed by atoms with Gasteiger partial charge in [0.15, 0.2) is 0 Å². The average Bonchev–Trinajstić information content (AvgIpc) is 2.98. The molecule has 2 rings (SSSR count). The summed E-state index contributed by atoms with van der Waals surface area (Å²) in [5.41, 5.74) is 1.26. The zero-order valence-corrected chi connectivity index (χ0v) is 13.7. The van der Waals surface area contributed by atoms with Gasteiger partial charge in [-0.15, -0.1) is 11.3 Å². The summed E-state index contributed by atoms with van der Waals surface area (Å²) in [7, 11) is 1.74. The molecule has 0 N–H and O–H groups in total. The first-order valence-corrected chi connectivity index (χ1v) is 8.96. The fourth-order valence-electron chi connectivity index (χ4n) is 2.13. The number of hydrogen-bond donors (Lipinski definition) is 0. The quantitative estimate of drug-likeness (QED) is 0.728. The maximum absolute atomic E-state index is 5.46. The van der Waals surface area contributed by atoms with E-state index < -0.39 is 0 Å². The van der Waals surface area contributed by atoms with E-state index >= 15 is 0 Å². The monoisotopic (exact) mass is 307 g/mol. The molecule has 1 aromatic heterocycles. The minimum absolute atomic E-state index is 0.933. The Morgan fingerprint density at radius 2 is 2.00 bits per heavy atom. The maximum atomic E-state index is 5.46. The Labute approximate surface area is 129 Å². The summed E-state index contributed by atoms with van der Waals surface area (Å²) >= 11 is 3.72. The molecule has 4 heteroatoms. The molecular weight excluding hydrogens is 286 g/mol. The van der Waals surface area contributed by atoms with Crippen LogP contribution in [-0.2, 0) is 13.1 Å². The number of para-hydroxylation sites is 1. The van der Waals surface area contributed by atoms with E-state index in [4.69, 9.17) is 4.74 Å². The normalized spacial score (nSPS) is 10.9. The molecule has 1 heterocycles. The summed E-state index contributed by atoms with van der Waals surface area (Å²) in [4.78, 5) is 3.90. The third-order valence-electron chi connectivity index (χ3n) is 3.16. The first kappa shape index (κ1) is 15.4. The van der Waals surface area contributed by atoms with Gasteiger partial charge in [-0.2, -0.15) is 11.8 Å². The zero-order chi connectivity index (χ0) is 14.2. The Morgan fingerprint density at radius 1 is 1.15 bits per heavy atom. The molecule has 0 aliphatic carbocycles. The second kappa shape index (κ2) is 8.35. The van der Waals surface area contributed by atoms with E-state index in [0.717, 1.165) is 31.1 Å². The van der Waals surface area contributed by atoms with Gasteiger partial charge >= 0.3 is 0 Å². The minimum atomic E-state index is 0.933. The lowest BCUT2D eigenvalue weighted by Crippen LogP contribution is -2.25. The van der Waals surface area contributed by atoms with Crippen molar-refractivity contribution in [2.24, 2.45) is 0 Å². The van der Waals surface area contributed by atoms with Crippen molar-refractivity contribution in [2.75, 3.05) is 25.7 Å². The molecule has 0 fully saturated rings. The Balaban J connectivity index is 2.06. The van der Waals surface area contributed by atoms with Crippen molar-refractivity contribution in [3.63, 3.8) is 0 Å². The molecule has 0 spiro atoms. The van der Waals surface area contributed by atoms with Crippen LogP contribution in [0, 0.1) is 0 Å². The lowest BCUT2D eigenvalue weighted by molar-refractivity contribution is 0.271. The number of benzene rings is 1. The zero-order valence-electron chi connectivity index (χ0n) is 12.0. The summed E-state index contributed by atoms with van der Waals surface area (Å²) in [5, 5.41) is 2.14. The van der Waals surface area contributed by atoms with Crippen LogP contribution in [0.2, 0.25) is 0 Å². The number of methoxy groups -OCH3 is 1. The highest BCUT2D eigenvalue weighted by atomic mass is 32.2. The molecule has 20 heavy (non-hydrogen) atoms. The molecule has 0 aliphatic rings. The minimum Gasteiger partial charge on any atom is -0.496 e. The molecule has 1 aromatic carbocycles. The van der Waals surface area contributed by atoms with Crippen LogP contribution in [0.25, 0.3) is 0 Å². The van der Waals surface area contributed by atoms with Crippen molar-refractivity contribution < 1.29 is 4.74 Å². The van der Waals surface area contributed by atoms with Crippen LogP contribution in [0.1, 0.15) is 10.4 Å². The highest BCUT2D eigenvalue weighted by Gasteiger charge is 2.10. The van der Waals surface area contributed by atoms with Crippen molar-refractivity contribution in [2.45, 2.75) is 13.1 Å². The van der Waals surface area contributed by atoms with E-state index in [2.05, 4.69) is 40.8 Å². The van der Waals surface area contributed by atoms with Crippen molar-refractivity contribution >= 4 is 23.1 Å². The van der Waals surface area contributed by atoms with E-state index in [1.165, 1.54) is 10.4 Å². The fourth-order valence-corrected chi connectivity index (χ4v) is 3.32. The van der Waals surface area contributed by atoms with Crippen molar-refractivity contribution in [3.05, 3.63) is 52.2 Å². The van der Waals surface area contributed by atoms with E-state index in [1.807, 2.05) is 35.2 Å². The van der Waals surface area contributed by atoms with Gasteiger partial charge < -0.3 is 4.74 Å². The Hall–Kier alpha value is -0.970. The van der Waals surface area contributed by atoms with Gasteiger partial charge in [0.2, 0.25) is 0 Å². The highest BCUT2D eigenvalue weighted by molar-refractivity contribution is 7.98. The van der Waals surface area contributed by atoms with E-state index in [9.17, 15) is 0 Å². The Bertz CT molecular complexity index is 499. The number of hydrogen-bond acceptors (Lipinski definition) is 4. The predicted molar refractivity (Wildman–Crippen MR) is 89.8 cm³/mol. The van der Waals surface area contributed by atoms with Gasteiger partial charge in [-0.25, -0.2) is 0 Å². The van der Waals surface area contributed by atoms with Gasteiger partial charge in [0.05, 0.1) is 7.11 Å². The summed E-state index contributed by atoms with van der Waals surface area (Å²) in [6.07, 6.45) is 2.16. The number of ether oxygens (including phenoxy) is 1. The molecule has 0 saturated carbocycles. The summed E-state index contributed by atoms with van der Waals surface area (Å²) in [6, 6.07) is 12.6. The van der Waals surface area contributed by atoms with E-state index in [1.54, 1.807) is 7.11 Å². The van der Waals surface area contributed by atoms with Gasteiger partial charge in [-0.05, 0) is 23.8 Å². The Morgan fingerprint density at radius 3 is 2.70 bits per heavy atom. The molecule has 0 atom stereocenters. The second-order valence-corrected chi connectivity index (χ2v) is 6.61. The van der Waals surface area contributed by atoms with Gasteiger partial charge in [0.25, 0.3) is 0 Å². The van der Waals surface area contributed by atoms with Gasteiger partial charge in [0.1, 0.15) is 5.75 Å². The second-order valence-electron chi connectivity index (χ2n) is 4.59. The van der Waals surface area contributed by atoms with Crippen LogP contribution in [-0.4, -0.2) is 30.6 Å². The maximum Gasteiger partial charge on any atom is 0.123 e. The van der Waals surface area contributed by atoms with Crippen LogP contribution in [0.3, 0.4) is 0 Å². The molecule has 2 nitrogen and oxygen atoms in total. The van der Waals surface area contributed by atoms with E-state index in [-0.39, 0.29) is 0 Å². The molecule has 0 bridgehead atoms. The molecule has 0 saturated heterocycles. The van der Waals surface area contributed by atoms with Crippen LogP contribution in [0.5, 0.6) is 5.75 Å². The highest BCUT2D eigenvalue weighted by Crippen LogP contribution is 2.21. The molecular formula is C16H21NOS2. The van der Waals surface area contributed by atoms with Gasteiger partial charge in [0, 0.05) is 35.8 Å². The third-order valence-corrected chi connectivity index (χ3v) is 4.61. The Kier molecular flexibility index (Phi) is 6.43. The number of rotatable bonds is 8. The topological polar surface area (TPSA) is 12.5 Å². The largest absolute Gasteiger partial charge is 0.496 e. The van der Waals surface area contributed by atoms with Crippen molar-refractivity contribution in [1.82, 2.24) is 4.90 Å². The van der Waals surface area contributed by atoms with Crippen molar-refractivity contribution in [1.29, 1.82) is 0 Å². The summed E-state index contributed by atoms with van der Waals surface area (Å²) < 4.78 is 5.46. The summed E-state index contributed by atoms with van der Waals surface area (Å²) in [6.45, 7) is 3.04. The van der Waals surface area contributed by atoms with Crippen LogP contribution < -0.4 is 4.74 Å². The summed E-state index contributed by atoms with van der Waals surface area (Å²) in [5.74, 6) is 2.13. The van der Waals surface area contributed by atoms with Crippen LogP contribution in [0.4, 0.5) is 0 Å². The predicted octanol–water partition coefficient (Wildman–Crippen LogP) is 4.12. The smallest absolute Gasteiger partial charge is 0.123 e. The first-order chi connectivity index (χ1) is 9.83. The van der Waals surface area contributed by atoms with Crippen LogP contribution in [0.15, 0.2) is 41.8 Å². The molecule has 108 valence electrons. The number of nitrogens with zero attached hydrogens (tertiary/aromatic N) is 1. The molecule has 0 radical (unpaired) electrons. The van der Waals surface area contributed by atoms with Gasteiger partial charge in [-0.3, -0.25) is 4.90 Å². The van der Waals surface area contributed by atoms with Gasteiger partial charge in [-0.1, -0.05) is 24.3 Å². The van der Waals surface area contributed by atoms with E-state index in [0.29, 0.717) is 0 Å². The average molecular weight is 307 g/mol. The fraction of sp³-hybridized carbons (Fsp3) is 0.375. The molecule has 0 amide bonds. The van der Waals surface area contributed by atoms with Crippen molar-refractivity contribution in [3.8, 4) is 5.75 Å². The standard InChI is InChI=1S/C16H21NOS2/c1-18-16-8-4-3-6-14(16)12-17(9-11-19-2)13-15-7-5-10-20-15/h3-8,10H,9,11-13H2,1-2H3. The molecule has 0 unspecified atom stereocenters. The van der Waals surface area contributed by atoms with Crippen LogP contribution >= 0.6 is 23.1 Å². The number of thioether (sulfide) groups is 1. The number of thiophene rings is 1. The SMILES string of the molecule is COc1ccccc1CN(CCSC)Cc1cccs1. The lowest BCUT2D eigenvalue weighted by atomic mass is 10.2. The third kappa shape index (κ3) is 4.54.